The van der Waals surface area contributed by atoms with E-state index in [2.05, 4.69) is 0 Å². The van der Waals surface area contributed by atoms with E-state index in [-0.39, 0.29) is 0 Å². The summed E-state index contributed by atoms with van der Waals surface area (Å²) in [7, 11) is 0. The summed E-state index contributed by atoms with van der Waals surface area (Å²) in [6.07, 6.45) is -3.85. The lowest BCUT2D eigenvalue weighted by Crippen LogP contribution is -2.54. The van der Waals surface area contributed by atoms with Gasteiger partial charge in [0.25, 0.3) is 0 Å². The van der Waals surface area contributed by atoms with Crippen LogP contribution in [0.2, 0.25) is 0 Å². The number of aliphatic hydroxyl groups is 3. The van der Waals surface area contributed by atoms with E-state index >= 15 is 0 Å². The molecule has 1 saturated heterocycles. The molecular formula is C12H14O5S. The maximum Gasteiger partial charge on any atom is 0.195 e. The summed E-state index contributed by atoms with van der Waals surface area (Å²) >= 11 is 1.18. The van der Waals surface area contributed by atoms with E-state index in [1.54, 1.807) is 0 Å². The van der Waals surface area contributed by atoms with Gasteiger partial charge in [-0.25, -0.2) is 0 Å². The zero-order chi connectivity index (χ0) is 13.1. The molecule has 0 saturated carbocycles. The van der Waals surface area contributed by atoms with Gasteiger partial charge in [-0.2, -0.15) is 0 Å². The lowest BCUT2D eigenvalue weighted by Gasteiger charge is -2.34. The van der Waals surface area contributed by atoms with Crippen molar-refractivity contribution in [3.8, 4) is 0 Å². The zero-order valence-corrected chi connectivity index (χ0v) is 10.3. The van der Waals surface area contributed by atoms with Gasteiger partial charge in [-0.05, 0) is 12.1 Å². The first kappa shape index (κ1) is 13.5. The van der Waals surface area contributed by atoms with Gasteiger partial charge in [-0.15, -0.1) is 0 Å². The number of ether oxygens (including phenoxy) is 1. The molecule has 1 aromatic rings. The van der Waals surface area contributed by atoms with Crippen LogP contribution >= 0.6 is 11.8 Å². The van der Waals surface area contributed by atoms with Crippen molar-refractivity contribution in [1.82, 2.24) is 0 Å². The summed E-state index contributed by atoms with van der Waals surface area (Å²) in [5.41, 5.74) is -0.819. The Morgan fingerprint density at radius 1 is 1.17 bits per heavy atom. The molecule has 1 aliphatic heterocycles. The van der Waals surface area contributed by atoms with E-state index in [0.717, 1.165) is 4.90 Å². The average molecular weight is 270 g/mol. The lowest BCUT2D eigenvalue weighted by atomic mass is 10.0. The predicted octanol–water partition coefficient (Wildman–Crippen LogP) is -0.213. The van der Waals surface area contributed by atoms with Crippen molar-refractivity contribution >= 4 is 17.5 Å². The number of carbonyl (C=O) groups excluding carboxylic acids is 1. The highest BCUT2D eigenvalue weighted by molar-refractivity contribution is 7.99. The Labute approximate surface area is 108 Å². The van der Waals surface area contributed by atoms with Crippen molar-refractivity contribution in [3.05, 3.63) is 30.3 Å². The van der Waals surface area contributed by atoms with E-state index < -0.39 is 36.1 Å². The van der Waals surface area contributed by atoms with Gasteiger partial charge in [0.1, 0.15) is 17.6 Å². The molecule has 0 radical (unpaired) electrons. The predicted molar refractivity (Wildman–Crippen MR) is 65.1 cm³/mol. The second kappa shape index (κ2) is 5.81. The van der Waals surface area contributed by atoms with Crippen molar-refractivity contribution in [2.24, 2.45) is 0 Å². The van der Waals surface area contributed by atoms with Crippen molar-refractivity contribution in [1.29, 1.82) is 0 Å². The monoisotopic (exact) mass is 270 g/mol. The number of aliphatic hydroxyl groups excluding tert-OH is 3. The van der Waals surface area contributed by atoms with Crippen LogP contribution in [0.15, 0.2) is 35.2 Å². The molecule has 18 heavy (non-hydrogen) atoms. The van der Waals surface area contributed by atoms with Crippen LogP contribution in [0, 0.1) is 0 Å². The second-order valence-electron chi connectivity index (χ2n) is 3.95. The molecule has 0 bridgehead atoms. The second-order valence-corrected chi connectivity index (χ2v) is 5.12. The van der Waals surface area contributed by atoms with Crippen molar-refractivity contribution in [3.63, 3.8) is 0 Å². The Morgan fingerprint density at radius 2 is 1.83 bits per heavy atom. The first-order chi connectivity index (χ1) is 8.63. The summed E-state index contributed by atoms with van der Waals surface area (Å²) in [5.74, 6) is -0.714. The third-order valence-electron chi connectivity index (χ3n) is 2.68. The Hall–Kier alpha value is -0.920. The topological polar surface area (TPSA) is 87.0 Å². The van der Waals surface area contributed by atoms with Crippen LogP contribution in [0.3, 0.4) is 0 Å². The molecule has 0 amide bonds. The third kappa shape index (κ3) is 2.73. The van der Waals surface area contributed by atoms with Gasteiger partial charge in [-0.1, -0.05) is 30.0 Å². The highest BCUT2D eigenvalue weighted by Gasteiger charge is 2.43. The number of ketones is 1. The van der Waals surface area contributed by atoms with Gasteiger partial charge in [-0.3, -0.25) is 4.79 Å². The molecule has 2 unspecified atom stereocenters. The SMILES string of the molecule is O=C1[C@H](O)C(CO)OC(Sc2ccccc2)[C@H]1O. The minimum absolute atomic E-state index is 0.467. The quantitative estimate of drug-likeness (QED) is 0.704. The molecule has 4 atom stereocenters. The van der Waals surface area contributed by atoms with Crippen LogP contribution < -0.4 is 0 Å². The molecule has 2 rings (SSSR count). The summed E-state index contributed by atoms with van der Waals surface area (Å²) in [6, 6.07) is 9.16. The summed E-state index contributed by atoms with van der Waals surface area (Å²) in [5, 5.41) is 28.3. The van der Waals surface area contributed by atoms with Crippen LogP contribution in [-0.4, -0.2) is 51.5 Å². The standard InChI is InChI=1S/C12H14O5S/c13-6-8-9(14)10(15)11(16)12(17-8)18-7-4-2-1-3-5-7/h1-5,8-9,11-14,16H,6H2/t8?,9-,11+,12?/m1/s1. The van der Waals surface area contributed by atoms with Crippen LogP contribution in [0.1, 0.15) is 0 Å². The van der Waals surface area contributed by atoms with Crippen LogP contribution in [-0.2, 0) is 9.53 Å². The van der Waals surface area contributed by atoms with E-state index in [1.807, 2.05) is 30.3 Å². The fourth-order valence-corrected chi connectivity index (χ4v) is 2.73. The van der Waals surface area contributed by atoms with Crippen LogP contribution in [0.4, 0.5) is 0 Å². The summed E-state index contributed by atoms with van der Waals surface area (Å²) < 4.78 is 5.33. The van der Waals surface area contributed by atoms with Gasteiger partial charge in [0.05, 0.1) is 6.61 Å². The molecule has 6 heteroatoms. The highest BCUT2D eigenvalue weighted by atomic mass is 32.2. The number of Topliss-reactive ketones (excluding diaryl/α,β-unsaturated/α-hetero) is 1. The van der Waals surface area contributed by atoms with Gasteiger partial charge >= 0.3 is 0 Å². The van der Waals surface area contributed by atoms with Gasteiger partial charge < -0.3 is 20.1 Å². The Kier molecular flexibility index (Phi) is 4.36. The van der Waals surface area contributed by atoms with Crippen molar-refractivity contribution in [2.75, 3.05) is 6.61 Å². The molecular weight excluding hydrogens is 256 g/mol. The number of hydrogen-bond donors (Lipinski definition) is 3. The molecule has 0 spiro atoms. The van der Waals surface area contributed by atoms with E-state index in [0.29, 0.717) is 0 Å². The number of thioether (sulfide) groups is 1. The molecule has 3 N–H and O–H groups in total. The Bertz CT molecular complexity index is 410. The zero-order valence-electron chi connectivity index (χ0n) is 9.47. The van der Waals surface area contributed by atoms with E-state index in [1.165, 1.54) is 11.8 Å². The average Bonchev–Trinajstić information content (AvgIpc) is 2.40. The highest BCUT2D eigenvalue weighted by Crippen LogP contribution is 2.31. The number of carbonyl (C=O) groups is 1. The molecule has 0 aliphatic carbocycles. The molecule has 5 nitrogen and oxygen atoms in total. The maximum atomic E-state index is 11.6. The molecule has 98 valence electrons. The lowest BCUT2D eigenvalue weighted by molar-refractivity contribution is -0.173. The van der Waals surface area contributed by atoms with E-state index in [4.69, 9.17) is 9.84 Å². The van der Waals surface area contributed by atoms with Crippen LogP contribution in [0.5, 0.6) is 0 Å². The van der Waals surface area contributed by atoms with Crippen LogP contribution in [0.25, 0.3) is 0 Å². The molecule has 1 aliphatic rings. The maximum absolute atomic E-state index is 11.6. The largest absolute Gasteiger partial charge is 0.394 e. The first-order valence-corrected chi connectivity index (χ1v) is 6.39. The smallest absolute Gasteiger partial charge is 0.195 e. The first-order valence-electron chi connectivity index (χ1n) is 5.51. The van der Waals surface area contributed by atoms with Gasteiger partial charge in [0, 0.05) is 4.90 Å². The summed E-state index contributed by atoms with van der Waals surface area (Å²) in [4.78, 5) is 12.4. The van der Waals surface area contributed by atoms with Crippen molar-refractivity contribution in [2.45, 2.75) is 28.6 Å². The van der Waals surface area contributed by atoms with Gasteiger partial charge in [0.2, 0.25) is 0 Å². The fourth-order valence-electron chi connectivity index (χ4n) is 1.68. The number of rotatable bonds is 3. The normalized spacial score (nSPS) is 32.5. The Balaban J connectivity index is 2.10. The molecule has 0 aromatic heterocycles. The number of benzene rings is 1. The molecule has 1 heterocycles. The minimum Gasteiger partial charge on any atom is -0.394 e. The number of hydrogen-bond acceptors (Lipinski definition) is 6. The Morgan fingerprint density at radius 3 is 2.44 bits per heavy atom. The summed E-state index contributed by atoms with van der Waals surface area (Å²) in [6.45, 7) is -0.467. The molecule has 1 fully saturated rings. The third-order valence-corrected chi connectivity index (χ3v) is 3.82. The van der Waals surface area contributed by atoms with Gasteiger partial charge in [0.15, 0.2) is 11.9 Å². The van der Waals surface area contributed by atoms with E-state index in [9.17, 15) is 15.0 Å². The molecule has 1 aromatic carbocycles. The minimum atomic E-state index is -1.47. The fraction of sp³-hybridized carbons (Fsp3) is 0.417. The van der Waals surface area contributed by atoms with Crippen molar-refractivity contribution < 1.29 is 24.9 Å².